The van der Waals surface area contributed by atoms with Gasteiger partial charge in [-0.25, -0.2) is 0 Å². The molecular formula is C23H32O2. The molecule has 0 N–H and O–H groups in total. The van der Waals surface area contributed by atoms with E-state index in [0.717, 1.165) is 12.8 Å². The van der Waals surface area contributed by atoms with E-state index in [4.69, 9.17) is 9.47 Å². The maximum absolute atomic E-state index is 5.55. The fourth-order valence-electron chi connectivity index (χ4n) is 2.32. The van der Waals surface area contributed by atoms with Crippen molar-refractivity contribution in [1.82, 2.24) is 0 Å². The van der Waals surface area contributed by atoms with Crippen molar-refractivity contribution in [3.63, 3.8) is 0 Å². The van der Waals surface area contributed by atoms with E-state index in [2.05, 4.69) is 62.4 Å². The van der Waals surface area contributed by atoms with Crippen molar-refractivity contribution < 1.29 is 9.47 Å². The van der Waals surface area contributed by atoms with Gasteiger partial charge < -0.3 is 9.47 Å². The number of ether oxygens (including phenoxy) is 2. The molecule has 0 aliphatic rings. The smallest absolute Gasteiger partial charge is 0.177 e. The van der Waals surface area contributed by atoms with Gasteiger partial charge in [0.05, 0.1) is 0 Å². The molecule has 136 valence electrons. The molecule has 0 fully saturated rings. The quantitative estimate of drug-likeness (QED) is 0.266. The molecule has 25 heavy (non-hydrogen) atoms. The number of rotatable bonds is 11. The van der Waals surface area contributed by atoms with E-state index in [1.54, 1.807) is 0 Å². The average Bonchev–Trinajstić information content (AvgIpc) is 2.60. The first kappa shape index (κ1) is 21.1. The summed E-state index contributed by atoms with van der Waals surface area (Å²) >= 11 is 0. The summed E-state index contributed by atoms with van der Waals surface area (Å²) < 4.78 is 11.1. The second-order valence-corrected chi connectivity index (χ2v) is 5.91. The van der Waals surface area contributed by atoms with E-state index in [1.807, 2.05) is 32.0 Å². The standard InChI is InChI=1S/C23H32O2/c1-5-24-23(25-6-2)19-21(4)15-12-14-20(3)13-10-11-18-22-16-8-7-9-17-22/h7-11,13-14,16-19,23H,5-6,12,15H2,1-4H3. The highest BCUT2D eigenvalue weighted by Gasteiger charge is 2.03. The van der Waals surface area contributed by atoms with Gasteiger partial charge in [0, 0.05) is 13.2 Å². The first-order chi connectivity index (χ1) is 12.2. The number of hydrogen-bond donors (Lipinski definition) is 0. The zero-order chi connectivity index (χ0) is 18.3. The monoisotopic (exact) mass is 340 g/mol. The normalized spacial score (nSPS) is 13.5. The van der Waals surface area contributed by atoms with E-state index in [9.17, 15) is 0 Å². The highest BCUT2D eigenvalue weighted by Crippen LogP contribution is 2.11. The predicted molar refractivity (Wildman–Crippen MR) is 108 cm³/mol. The lowest BCUT2D eigenvalue weighted by Gasteiger charge is -2.14. The van der Waals surface area contributed by atoms with Crippen LogP contribution in [0.5, 0.6) is 0 Å². The molecule has 0 aliphatic heterocycles. The second kappa shape index (κ2) is 13.4. The SMILES string of the molecule is CCOC(C=C(C)CCC=C(C)C=CC=Cc1ccccc1)OCC. The largest absolute Gasteiger partial charge is 0.349 e. The first-order valence-electron chi connectivity index (χ1n) is 9.12. The lowest BCUT2D eigenvalue weighted by atomic mass is 10.1. The minimum atomic E-state index is -0.219. The second-order valence-electron chi connectivity index (χ2n) is 5.91. The van der Waals surface area contributed by atoms with E-state index in [1.165, 1.54) is 16.7 Å². The molecule has 2 heteroatoms. The highest BCUT2D eigenvalue weighted by molar-refractivity contribution is 5.50. The van der Waals surface area contributed by atoms with E-state index in [-0.39, 0.29) is 6.29 Å². The summed E-state index contributed by atoms with van der Waals surface area (Å²) in [5.41, 5.74) is 3.79. The molecule has 0 unspecified atom stereocenters. The van der Waals surface area contributed by atoms with Gasteiger partial charge in [0.15, 0.2) is 6.29 Å². The average molecular weight is 341 g/mol. The maximum atomic E-state index is 5.55. The summed E-state index contributed by atoms with van der Waals surface area (Å²) in [6, 6.07) is 10.3. The molecular weight excluding hydrogens is 308 g/mol. The molecule has 0 aliphatic carbocycles. The van der Waals surface area contributed by atoms with Gasteiger partial charge in [-0.15, -0.1) is 0 Å². The van der Waals surface area contributed by atoms with Gasteiger partial charge in [0.25, 0.3) is 0 Å². The van der Waals surface area contributed by atoms with Gasteiger partial charge in [-0.1, -0.05) is 71.9 Å². The Hall–Kier alpha value is -1.90. The van der Waals surface area contributed by atoms with Crippen LogP contribution in [0.25, 0.3) is 6.08 Å². The Kier molecular flexibility index (Phi) is 11.3. The molecule has 0 radical (unpaired) electrons. The van der Waals surface area contributed by atoms with Crippen LogP contribution in [0, 0.1) is 0 Å². The molecule has 0 saturated heterocycles. The molecule has 0 saturated carbocycles. The van der Waals surface area contributed by atoms with Crippen LogP contribution in [0.3, 0.4) is 0 Å². The molecule has 2 nitrogen and oxygen atoms in total. The molecule has 0 bridgehead atoms. The fourth-order valence-corrected chi connectivity index (χ4v) is 2.32. The number of allylic oxidation sites excluding steroid dienone is 6. The van der Waals surface area contributed by atoms with Crippen LogP contribution in [0.2, 0.25) is 0 Å². The van der Waals surface area contributed by atoms with E-state index >= 15 is 0 Å². The fraction of sp³-hybridized carbons (Fsp3) is 0.391. The van der Waals surface area contributed by atoms with Crippen LogP contribution >= 0.6 is 0 Å². The third-order valence-corrected chi connectivity index (χ3v) is 3.65. The van der Waals surface area contributed by atoms with Crippen LogP contribution in [0.1, 0.15) is 46.1 Å². The molecule has 0 spiro atoms. The van der Waals surface area contributed by atoms with Gasteiger partial charge in [-0.05, 0) is 52.2 Å². The lowest BCUT2D eigenvalue weighted by molar-refractivity contribution is -0.104. The van der Waals surface area contributed by atoms with Crippen LogP contribution in [0.4, 0.5) is 0 Å². The number of benzene rings is 1. The van der Waals surface area contributed by atoms with Crippen molar-refractivity contribution in [2.75, 3.05) is 13.2 Å². The molecule has 1 rings (SSSR count). The first-order valence-corrected chi connectivity index (χ1v) is 9.12. The Bertz CT molecular complexity index is 573. The third kappa shape index (κ3) is 10.5. The summed E-state index contributed by atoms with van der Waals surface area (Å²) in [5.74, 6) is 0. The minimum Gasteiger partial charge on any atom is -0.349 e. The Labute approximate surface area is 153 Å². The summed E-state index contributed by atoms with van der Waals surface area (Å²) in [5, 5.41) is 0. The van der Waals surface area contributed by atoms with Crippen molar-refractivity contribution in [3.05, 3.63) is 77.4 Å². The van der Waals surface area contributed by atoms with Crippen LogP contribution < -0.4 is 0 Å². The maximum Gasteiger partial charge on any atom is 0.177 e. The van der Waals surface area contributed by atoms with Gasteiger partial charge in [-0.2, -0.15) is 0 Å². The molecule has 0 aromatic heterocycles. The molecule has 1 aromatic rings. The Balaban J connectivity index is 2.41. The summed E-state index contributed by atoms with van der Waals surface area (Å²) in [7, 11) is 0. The molecule has 0 atom stereocenters. The summed E-state index contributed by atoms with van der Waals surface area (Å²) in [6.45, 7) is 9.56. The minimum absolute atomic E-state index is 0.219. The Morgan fingerprint density at radius 1 is 1.00 bits per heavy atom. The Morgan fingerprint density at radius 2 is 1.68 bits per heavy atom. The highest BCUT2D eigenvalue weighted by atomic mass is 16.7. The Morgan fingerprint density at radius 3 is 2.32 bits per heavy atom. The van der Waals surface area contributed by atoms with Crippen molar-refractivity contribution >= 4 is 6.08 Å². The van der Waals surface area contributed by atoms with Crippen LogP contribution in [0.15, 0.2) is 71.9 Å². The van der Waals surface area contributed by atoms with Crippen molar-refractivity contribution in [3.8, 4) is 0 Å². The molecule has 1 aromatic carbocycles. The van der Waals surface area contributed by atoms with E-state index < -0.39 is 0 Å². The van der Waals surface area contributed by atoms with Gasteiger partial charge in [0.1, 0.15) is 0 Å². The summed E-state index contributed by atoms with van der Waals surface area (Å²) in [4.78, 5) is 0. The zero-order valence-corrected chi connectivity index (χ0v) is 16.1. The molecule has 0 amide bonds. The topological polar surface area (TPSA) is 18.5 Å². The summed E-state index contributed by atoms with van der Waals surface area (Å²) in [6.07, 6.45) is 14.6. The van der Waals surface area contributed by atoms with E-state index in [0.29, 0.717) is 13.2 Å². The zero-order valence-electron chi connectivity index (χ0n) is 16.1. The van der Waals surface area contributed by atoms with Gasteiger partial charge in [0.2, 0.25) is 0 Å². The lowest BCUT2D eigenvalue weighted by Crippen LogP contribution is -2.14. The van der Waals surface area contributed by atoms with Crippen molar-refractivity contribution in [1.29, 1.82) is 0 Å². The van der Waals surface area contributed by atoms with Crippen molar-refractivity contribution in [2.24, 2.45) is 0 Å². The molecule has 0 heterocycles. The van der Waals surface area contributed by atoms with Gasteiger partial charge in [-0.3, -0.25) is 0 Å². The third-order valence-electron chi connectivity index (χ3n) is 3.65. The van der Waals surface area contributed by atoms with Gasteiger partial charge >= 0.3 is 0 Å². The van der Waals surface area contributed by atoms with Crippen molar-refractivity contribution in [2.45, 2.75) is 46.8 Å². The van der Waals surface area contributed by atoms with Crippen LogP contribution in [-0.4, -0.2) is 19.5 Å². The number of hydrogen-bond acceptors (Lipinski definition) is 2. The predicted octanol–water partition coefficient (Wildman–Crippen LogP) is 6.33. The van der Waals surface area contributed by atoms with Crippen LogP contribution in [-0.2, 0) is 9.47 Å².